The van der Waals surface area contributed by atoms with Crippen molar-refractivity contribution in [3.8, 4) is 0 Å². The lowest BCUT2D eigenvalue weighted by Gasteiger charge is -2.09. The number of ether oxygens (including phenoxy) is 1. The lowest BCUT2D eigenvalue weighted by atomic mass is 10.2. The highest BCUT2D eigenvalue weighted by molar-refractivity contribution is 9.10. The van der Waals surface area contributed by atoms with E-state index in [9.17, 15) is 9.59 Å². The van der Waals surface area contributed by atoms with E-state index in [1.54, 1.807) is 6.08 Å². The van der Waals surface area contributed by atoms with Crippen LogP contribution in [0.1, 0.15) is 18.1 Å². The molecule has 2 aromatic carbocycles. The number of esters is 1. The summed E-state index contributed by atoms with van der Waals surface area (Å²) < 4.78 is 6.19. The predicted octanol–water partition coefficient (Wildman–Crippen LogP) is 3.67. The molecule has 2 rings (SSSR count). The maximum atomic E-state index is 12.2. The van der Waals surface area contributed by atoms with Crippen molar-refractivity contribution in [2.24, 2.45) is 0 Å². The molecule has 0 aromatic heterocycles. The van der Waals surface area contributed by atoms with E-state index in [0.29, 0.717) is 0 Å². The number of amides is 1. The molecule has 0 atom stereocenters. The highest BCUT2D eigenvalue weighted by atomic mass is 79.9. The first kappa shape index (κ1) is 17.0. The van der Waals surface area contributed by atoms with Gasteiger partial charge in [-0.1, -0.05) is 58.4 Å². The van der Waals surface area contributed by atoms with Crippen molar-refractivity contribution in [3.63, 3.8) is 0 Å². The summed E-state index contributed by atoms with van der Waals surface area (Å²) in [7, 11) is 0. The van der Waals surface area contributed by atoms with Gasteiger partial charge in [0.05, 0.1) is 0 Å². The average Bonchev–Trinajstić information content (AvgIpc) is 2.52. The second-order valence-electron chi connectivity index (χ2n) is 4.86. The molecule has 0 aliphatic carbocycles. The van der Waals surface area contributed by atoms with Gasteiger partial charge in [-0.05, 0) is 29.3 Å². The molecule has 4 nitrogen and oxygen atoms in total. The van der Waals surface area contributed by atoms with Crippen molar-refractivity contribution >= 4 is 33.9 Å². The monoisotopic (exact) mass is 373 g/mol. The maximum absolute atomic E-state index is 12.2. The van der Waals surface area contributed by atoms with Crippen LogP contribution in [-0.4, -0.2) is 11.9 Å². The van der Waals surface area contributed by atoms with Gasteiger partial charge in [-0.15, -0.1) is 0 Å². The summed E-state index contributed by atoms with van der Waals surface area (Å²) in [6.07, 6.45) is 1.59. The molecule has 118 valence electrons. The van der Waals surface area contributed by atoms with E-state index in [-0.39, 0.29) is 18.2 Å². The molecule has 0 radical (unpaired) electrons. The standard InChI is InChI=1S/C18H16BrNO3/c1-13(21)20-17(11-14-6-3-2-4-7-14)18(22)23-12-15-8-5-9-16(19)10-15/h2-11H,12H2,1H3,(H,20,21)/b17-11-. The third-order valence-electron chi connectivity index (χ3n) is 2.90. The van der Waals surface area contributed by atoms with E-state index in [4.69, 9.17) is 4.74 Å². The van der Waals surface area contributed by atoms with Crippen molar-refractivity contribution in [1.82, 2.24) is 5.32 Å². The minimum Gasteiger partial charge on any atom is -0.456 e. The topological polar surface area (TPSA) is 55.4 Å². The zero-order valence-electron chi connectivity index (χ0n) is 12.6. The van der Waals surface area contributed by atoms with Gasteiger partial charge in [0.15, 0.2) is 0 Å². The van der Waals surface area contributed by atoms with E-state index in [1.165, 1.54) is 6.92 Å². The highest BCUT2D eigenvalue weighted by Crippen LogP contribution is 2.13. The van der Waals surface area contributed by atoms with E-state index < -0.39 is 5.97 Å². The van der Waals surface area contributed by atoms with E-state index in [1.807, 2.05) is 54.6 Å². The van der Waals surface area contributed by atoms with Crippen molar-refractivity contribution in [2.75, 3.05) is 0 Å². The van der Waals surface area contributed by atoms with Crippen LogP contribution in [0.4, 0.5) is 0 Å². The molecule has 0 saturated heterocycles. The fourth-order valence-corrected chi connectivity index (χ4v) is 2.35. The zero-order valence-corrected chi connectivity index (χ0v) is 14.2. The minimum absolute atomic E-state index is 0.110. The van der Waals surface area contributed by atoms with Gasteiger partial charge in [-0.2, -0.15) is 0 Å². The third kappa shape index (κ3) is 5.71. The molecule has 0 heterocycles. The zero-order chi connectivity index (χ0) is 16.7. The Hall–Kier alpha value is -2.40. The van der Waals surface area contributed by atoms with Gasteiger partial charge in [0, 0.05) is 11.4 Å². The molecule has 1 amide bonds. The Bertz CT molecular complexity index is 726. The quantitative estimate of drug-likeness (QED) is 0.642. The number of halogens is 1. The number of carbonyl (C=O) groups is 2. The number of benzene rings is 2. The molecule has 0 aliphatic rings. The Morgan fingerprint density at radius 2 is 1.87 bits per heavy atom. The van der Waals surface area contributed by atoms with Gasteiger partial charge >= 0.3 is 5.97 Å². The van der Waals surface area contributed by atoms with Crippen LogP contribution in [0.15, 0.2) is 64.8 Å². The summed E-state index contributed by atoms with van der Waals surface area (Å²) in [6.45, 7) is 1.48. The molecule has 0 unspecified atom stereocenters. The summed E-state index contributed by atoms with van der Waals surface area (Å²) in [5.41, 5.74) is 1.77. The molecule has 0 fully saturated rings. The van der Waals surface area contributed by atoms with Crippen LogP contribution in [0.3, 0.4) is 0 Å². The summed E-state index contributed by atoms with van der Waals surface area (Å²) in [5.74, 6) is -0.907. The summed E-state index contributed by atoms with van der Waals surface area (Å²) >= 11 is 3.37. The first-order valence-electron chi connectivity index (χ1n) is 7.00. The SMILES string of the molecule is CC(=O)N/C(=C\c1ccccc1)C(=O)OCc1cccc(Br)c1. The van der Waals surface area contributed by atoms with Crippen molar-refractivity contribution in [1.29, 1.82) is 0 Å². The fourth-order valence-electron chi connectivity index (χ4n) is 1.91. The molecule has 0 aliphatic heterocycles. The number of nitrogens with one attached hydrogen (secondary N) is 1. The van der Waals surface area contributed by atoms with E-state index in [0.717, 1.165) is 15.6 Å². The van der Waals surface area contributed by atoms with Gasteiger partial charge in [0.25, 0.3) is 0 Å². The number of rotatable bonds is 5. The van der Waals surface area contributed by atoms with Crippen LogP contribution in [-0.2, 0) is 20.9 Å². The molecule has 0 bridgehead atoms. The Morgan fingerprint density at radius 3 is 2.52 bits per heavy atom. The van der Waals surface area contributed by atoms with Crippen molar-refractivity contribution in [2.45, 2.75) is 13.5 Å². The maximum Gasteiger partial charge on any atom is 0.355 e. The molecule has 0 saturated carbocycles. The highest BCUT2D eigenvalue weighted by Gasteiger charge is 2.13. The van der Waals surface area contributed by atoms with Gasteiger partial charge < -0.3 is 10.1 Å². The molecule has 23 heavy (non-hydrogen) atoms. The van der Waals surface area contributed by atoms with Crippen LogP contribution in [0.25, 0.3) is 6.08 Å². The summed E-state index contributed by atoms with van der Waals surface area (Å²) in [5, 5.41) is 2.51. The largest absolute Gasteiger partial charge is 0.456 e. The normalized spacial score (nSPS) is 11.0. The summed E-state index contributed by atoms with van der Waals surface area (Å²) in [6, 6.07) is 16.7. The van der Waals surface area contributed by atoms with Gasteiger partial charge in [0.2, 0.25) is 5.91 Å². The smallest absolute Gasteiger partial charge is 0.355 e. The average molecular weight is 374 g/mol. The number of hydrogen-bond donors (Lipinski definition) is 1. The van der Waals surface area contributed by atoms with Crippen LogP contribution in [0.2, 0.25) is 0 Å². The van der Waals surface area contributed by atoms with Crippen LogP contribution in [0, 0.1) is 0 Å². The Kier molecular flexibility index (Phi) is 6.11. The van der Waals surface area contributed by atoms with Crippen LogP contribution >= 0.6 is 15.9 Å². The first-order chi connectivity index (χ1) is 11.0. The Morgan fingerprint density at radius 1 is 1.13 bits per heavy atom. The van der Waals surface area contributed by atoms with Gasteiger partial charge in [-0.3, -0.25) is 4.79 Å². The van der Waals surface area contributed by atoms with Gasteiger partial charge in [-0.25, -0.2) is 4.79 Å². The molecular weight excluding hydrogens is 358 g/mol. The molecule has 5 heteroatoms. The number of carbonyl (C=O) groups excluding carboxylic acids is 2. The first-order valence-corrected chi connectivity index (χ1v) is 7.80. The van der Waals surface area contributed by atoms with Crippen LogP contribution < -0.4 is 5.32 Å². The van der Waals surface area contributed by atoms with Crippen LogP contribution in [0.5, 0.6) is 0 Å². The van der Waals surface area contributed by atoms with Crippen molar-refractivity contribution < 1.29 is 14.3 Å². The number of hydrogen-bond acceptors (Lipinski definition) is 3. The Balaban J connectivity index is 2.10. The Labute approximate surface area is 143 Å². The molecular formula is C18H16BrNO3. The van der Waals surface area contributed by atoms with E-state index in [2.05, 4.69) is 21.2 Å². The second kappa shape index (κ2) is 8.29. The molecule has 0 spiro atoms. The lowest BCUT2D eigenvalue weighted by molar-refractivity contribution is -0.141. The van der Waals surface area contributed by atoms with Gasteiger partial charge in [0.1, 0.15) is 12.3 Å². The lowest BCUT2D eigenvalue weighted by Crippen LogP contribution is -2.26. The summed E-state index contributed by atoms with van der Waals surface area (Å²) in [4.78, 5) is 23.5. The minimum atomic E-state index is -0.580. The predicted molar refractivity (Wildman–Crippen MR) is 92.2 cm³/mol. The molecule has 1 N–H and O–H groups in total. The molecule has 2 aromatic rings. The fraction of sp³-hybridized carbons (Fsp3) is 0.111. The van der Waals surface area contributed by atoms with Crippen molar-refractivity contribution in [3.05, 3.63) is 75.9 Å². The third-order valence-corrected chi connectivity index (χ3v) is 3.39. The van der Waals surface area contributed by atoms with E-state index >= 15 is 0 Å². The second-order valence-corrected chi connectivity index (χ2v) is 5.77.